The number of benzene rings is 1. The van der Waals surface area contributed by atoms with Crippen LogP contribution < -0.4 is 5.73 Å². The van der Waals surface area contributed by atoms with Crippen molar-refractivity contribution in [1.29, 1.82) is 0 Å². The SMILES string of the molecule is Nc1ccc2sc3cncnc3c2c1. The zero-order valence-electron chi connectivity index (χ0n) is 7.27. The van der Waals surface area contributed by atoms with Crippen molar-refractivity contribution in [3.05, 3.63) is 30.7 Å². The van der Waals surface area contributed by atoms with Crippen molar-refractivity contribution in [2.75, 3.05) is 5.73 Å². The van der Waals surface area contributed by atoms with Crippen molar-refractivity contribution in [3.8, 4) is 0 Å². The molecule has 4 heteroatoms. The standard InChI is InChI=1S/C10H7N3S/c11-6-1-2-8-7(3-6)10-9(14-8)4-12-5-13-10/h1-5H,11H2. The molecule has 2 aromatic heterocycles. The Hall–Kier alpha value is -1.68. The molecule has 0 saturated heterocycles. The summed E-state index contributed by atoms with van der Waals surface area (Å²) in [5.74, 6) is 0. The largest absolute Gasteiger partial charge is 0.399 e. The zero-order valence-corrected chi connectivity index (χ0v) is 8.08. The van der Waals surface area contributed by atoms with Crippen LogP contribution in [0.4, 0.5) is 5.69 Å². The van der Waals surface area contributed by atoms with E-state index in [1.807, 2.05) is 24.4 Å². The summed E-state index contributed by atoms with van der Waals surface area (Å²) in [6, 6.07) is 5.89. The summed E-state index contributed by atoms with van der Waals surface area (Å²) < 4.78 is 2.31. The molecule has 0 aliphatic rings. The smallest absolute Gasteiger partial charge is 0.116 e. The van der Waals surface area contributed by atoms with Crippen molar-refractivity contribution >= 4 is 37.3 Å². The monoisotopic (exact) mass is 201 g/mol. The lowest BCUT2D eigenvalue weighted by molar-refractivity contribution is 1.23. The first-order chi connectivity index (χ1) is 6.84. The number of nitrogens with zero attached hydrogens (tertiary/aromatic N) is 2. The fourth-order valence-electron chi connectivity index (χ4n) is 1.53. The van der Waals surface area contributed by atoms with Crippen LogP contribution in [-0.2, 0) is 0 Å². The summed E-state index contributed by atoms with van der Waals surface area (Å²) in [7, 11) is 0. The van der Waals surface area contributed by atoms with Gasteiger partial charge in [0.15, 0.2) is 0 Å². The van der Waals surface area contributed by atoms with Gasteiger partial charge in [0.1, 0.15) is 6.33 Å². The average molecular weight is 201 g/mol. The molecule has 3 nitrogen and oxygen atoms in total. The minimum Gasteiger partial charge on any atom is -0.399 e. The van der Waals surface area contributed by atoms with Crippen molar-refractivity contribution < 1.29 is 0 Å². The predicted octanol–water partition coefficient (Wildman–Crippen LogP) is 2.43. The van der Waals surface area contributed by atoms with E-state index in [9.17, 15) is 0 Å². The first-order valence-corrected chi connectivity index (χ1v) is 5.04. The maximum absolute atomic E-state index is 5.74. The van der Waals surface area contributed by atoms with Crippen LogP contribution in [0.1, 0.15) is 0 Å². The topological polar surface area (TPSA) is 51.8 Å². The summed E-state index contributed by atoms with van der Waals surface area (Å²) in [5, 5.41) is 1.12. The summed E-state index contributed by atoms with van der Waals surface area (Å²) >= 11 is 1.69. The second-order valence-electron chi connectivity index (χ2n) is 3.09. The lowest BCUT2D eigenvalue weighted by Gasteiger charge is -1.92. The van der Waals surface area contributed by atoms with Gasteiger partial charge in [0, 0.05) is 22.0 Å². The predicted molar refractivity (Wildman–Crippen MR) is 59.3 cm³/mol. The molecule has 0 radical (unpaired) electrons. The minimum absolute atomic E-state index is 0.774. The van der Waals surface area contributed by atoms with Crippen LogP contribution in [0.5, 0.6) is 0 Å². The van der Waals surface area contributed by atoms with Crippen molar-refractivity contribution in [3.63, 3.8) is 0 Å². The van der Waals surface area contributed by atoms with E-state index in [1.165, 1.54) is 4.70 Å². The van der Waals surface area contributed by atoms with Crippen molar-refractivity contribution in [2.45, 2.75) is 0 Å². The van der Waals surface area contributed by atoms with E-state index in [4.69, 9.17) is 5.73 Å². The molecule has 3 rings (SSSR count). The number of hydrogen-bond donors (Lipinski definition) is 1. The highest BCUT2D eigenvalue weighted by Crippen LogP contribution is 2.32. The molecule has 0 saturated carbocycles. The Labute approximate surface area is 84.2 Å². The van der Waals surface area contributed by atoms with Gasteiger partial charge in [-0.2, -0.15) is 0 Å². The summed E-state index contributed by atoms with van der Waals surface area (Å²) in [5.41, 5.74) is 7.50. The highest BCUT2D eigenvalue weighted by molar-refractivity contribution is 7.25. The number of aromatic nitrogens is 2. The Kier molecular flexibility index (Phi) is 1.46. The molecule has 0 unspecified atom stereocenters. The quantitative estimate of drug-likeness (QED) is 0.568. The molecule has 3 aromatic rings. The van der Waals surface area contributed by atoms with Crippen LogP contribution >= 0.6 is 11.3 Å². The molecule has 0 bridgehead atoms. The van der Waals surface area contributed by atoms with Crippen LogP contribution in [0.2, 0.25) is 0 Å². The molecular formula is C10H7N3S. The Bertz CT molecular complexity index is 615. The summed E-state index contributed by atoms with van der Waals surface area (Å²) in [6.07, 6.45) is 3.40. The number of rotatable bonds is 0. The molecule has 0 amide bonds. The van der Waals surface area contributed by atoms with Gasteiger partial charge >= 0.3 is 0 Å². The van der Waals surface area contributed by atoms with Gasteiger partial charge in [-0.25, -0.2) is 9.97 Å². The maximum atomic E-state index is 5.74. The van der Waals surface area contributed by atoms with Crippen molar-refractivity contribution in [1.82, 2.24) is 9.97 Å². The van der Waals surface area contributed by atoms with Gasteiger partial charge in [0.25, 0.3) is 0 Å². The van der Waals surface area contributed by atoms with Gasteiger partial charge < -0.3 is 5.73 Å². The van der Waals surface area contributed by atoms with Gasteiger partial charge in [-0.3, -0.25) is 0 Å². The minimum atomic E-state index is 0.774. The van der Waals surface area contributed by atoms with Gasteiger partial charge in [0.2, 0.25) is 0 Å². The molecule has 68 valence electrons. The van der Waals surface area contributed by atoms with Crippen LogP contribution in [-0.4, -0.2) is 9.97 Å². The van der Waals surface area contributed by atoms with E-state index >= 15 is 0 Å². The lowest BCUT2D eigenvalue weighted by Crippen LogP contribution is -1.82. The number of nitrogens with two attached hydrogens (primary N) is 1. The Balaban J connectivity index is 2.58. The van der Waals surface area contributed by atoms with E-state index in [1.54, 1.807) is 17.7 Å². The molecule has 2 N–H and O–H groups in total. The molecule has 1 aromatic carbocycles. The van der Waals surface area contributed by atoms with Crippen molar-refractivity contribution in [2.24, 2.45) is 0 Å². The first kappa shape index (κ1) is 7.70. The molecule has 0 aliphatic carbocycles. The van der Waals surface area contributed by atoms with Gasteiger partial charge in [0.05, 0.1) is 10.2 Å². The lowest BCUT2D eigenvalue weighted by atomic mass is 10.2. The third kappa shape index (κ3) is 0.975. The van der Waals surface area contributed by atoms with Crippen LogP contribution in [0.3, 0.4) is 0 Å². The van der Waals surface area contributed by atoms with Gasteiger partial charge in [-0.1, -0.05) is 0 Å². The normalized spacial score (nSPS) is 11.1. The molecule has 14 heavy (non-hydrogen) atoms. The molecular weight excluding hydrogens is 194 g/mol. The highest BCUT2D eigenvalue weighted by Gasteiger charge is 2.05. The average Bonchev–Trinajstić information content (AvgIpc) is 2.56. The molecule has 0 aliphatic heterocycles. The van der Waals surface area contributed by atoms with Gasteiger partial charge in [-0.05, 0) is 18.2 Å². The van der Waals surface area contributed by atoms with E-state index in [0.29, 0.717) is 0 Å². The number of nitrogen functional groups attached to an aromatic ring is 1. The zero-order chi connectivity index (χ0) is 9.54. The third-order valence-corrected chi connectivity index (χ3v) is 3.25. The Morgan fingerprint density at radius 1 is 1.21 bits per heavy atom. The second kappa shape index (κ2) is 2.65. The van der Waals surface area contributed by atoms with E-state index in [0.717, 1.165) is 21.3 Å². The number of anilines is 1. The first-order valence-electron chi connectivity index (χ1n) is 4.22. The van der Waals surface area contributed by atoms with E-state index in [-0.39, 0.29) is 0 Å². The summed E-state index contributed by atoms with van der Waals surface area (Å²) in [6.45, 7) is 0. The highest BCUT2D eigenvalue weighted by atomic mass is 32.1. The fraction of sp³-hybridized carbons (Fsp3) is 0. The Morgan fingerprint density at radius 3 is 3.07 bits per heavy atom. The number of fused-ring (bicyclic) bond motifs is 3. The summed E-state index contributed by atoms with van der Waals surface area (Å²) in [4.78, 5) is 8.25. The molecule has 0 atom stereocenters. The third-order valence-electron chi connectivity index (χ3n) is 2.16. The molecule has 0 spiro atoms. The van der Waals surface area contributed by atoms with E-state index in [2.05, 4.69) is 9.97 Å². The molecule has 2 heterocycles. The number of hydrogen-bond acceptors (Lipinski definition) is 4. The fourth-order valence-corrected chi connectivity index (χ4v) is 2.55. The van der Waals surface area contributed by atoms with E-state index < -0.39 is 0 Å². The van der Waals surface area contributed by atoms with Crippen LogP contribution in [0.15, 0.2) is 30.7 Å². The Morgan fingerprint density at radius 2 is 2.14 bits per heavy atom. The second-order valence-corrected chi connectivity index (χ2v) is 4.18. The van der Waals surface area contributed by atoms with Crippen LogP contribution in [0, 0.1) is 0 Å². The molecule has 0 fully saturated rings. The van der Waals surface area contributed by atoms with Crippen LogP contribution in [0.25, 0.3) is 20.3 Å². The maximum Gasteiger partial charge on any atom is 0.116 e. The van der Waals surface area contributed by atoms with Gasteiger partial charge in [-0.15, -0.1) is 11.3 Å². The number of thiophene rings is 1.